The zero-order valence-corrected chi connectivity index (χ0v) is 12.5. The molecule has 0 saturated heterocycles. The molecule has 1 atom stereocenters. The minimum atomic E-state index is 0.506. The van der Waals surface area contributed by atoms with Crippen molar-refractivity contribution in [1.29, 1.82) is 0 Å². The molecular weight excluding hydrogens is 248 g/mol. The summed E-state index contributed by atoms with van der Waals surface area (Å²) in [5.74, 6) is 1.95. The van der Waals surface area contributed by atoms with Crippen molar-refractivity contribution in [2.45, 2.75) is 53.4 Å². The van der Waals surface area contributed by atoms with E-state index in [0.29, 0.717) is 23.6 Å². The van der Waals surface area contributed by atoms with E-state index < -0.39 is 0 Å². The SMILES string of the molecule is CCCc1nc(Cl)c(C)c(OCC(C)CCC)n1. The van der Waals surface area contributed by atoms with Crippen LogP contribution in [-0.2, 0) is 6.42 Å². The van der Waals surface area contributed by atoms with Crippen molar-refractivity contribution >= 4 is 11.6 Å². The minimum Gasteiger partial charge on any atom is -0.477 e. The van der Waals surface area contributed by atoms with E-state index in [2.05, 4.69) is 30.7 Å². The Balaban J connectivity index is 2.74. The summed E-state index contributed by atoms with van der Waals surface area (Å²) in [5, 5.41) is 0.506. The van der Waals surface area contributed by atoms with Crippen LogP contribution >= 0.6 is 11.6 Å². The molecule has 0 aliphatic heterocycles. The van der Waals surface area contributed by atoms with Crippen LogP contribution in [0.4, 0.5) is 0 Å². The van der Waals surface area contributed by atoms with Gasteiger partial charge in [0.05, 0.1) is 6.61 Å². The number of halogens is 1. The van der Waals surface area contributed by atoms with Crippen molar-refractivity contribution in [1.82, 2.24) is 9.97 Å². The molecule has 0 aromatic carbocycles. The molecule has 1 heterocycles. The van der Waals surface area contributed by atoms with Gasteiger partial charge in [-0.15, -0.1) is 0 Å². The molecule has 0 fully saturated rings. The molecule has 0 spiro atoms. The predicted molar refractivity (Wildman–Crippen MR) is 75.3 cm³/mol. The third-order valence-corrected chi connectivity index (χ3v) is 3.22. The molecule has 0 amide bonds. The van der Waals surface area contributed by atoms with E-state index in [0.717, 1.165) is 24.2 Å². The Morgan fingerprint density at radius 1 is 1.22 bits per heavy atom. The van der Waals surface area contributed by atoms with Gasteiger partial charge in [0.2, 0.25) is 5.88 Å². The maximum Gasteiger partial charge on any atom is 0.221 e. The van der Waals surface area contributed by atoms with Crippen molar-refractivity contribution in [2.75, 3.05) is 6.61 Å². The Morgan fingerprint density at radius 3 is 2.56 bits per heavy atom. The fraction of sp³-hybridized carbons (Fsp3) is 0.714. The van der Waals surface area contributed by atoms with Gasteiger partial charge in [-0.3, -0.25) is 0 Å². The van der Waals surface area contributed by atoms with E-state index in [4.69, 9.17) is 16.3 Å². The standard InChI is InChI=1S/C14H23ClN2O/c1-5-7-10(3)9-18-14-11(4)13(15)16-12(17-14)8-6-2/h10H,5-9H2,1-4H3. The smallest absolute Gasteiger partial charge is 0.221 e. The number of aromatic nitrogens is 2. The largest absolute Gasteiger partial charge is 0.477 e. The third kappa shape index (κ3) is 4.45. The van der Waals surface area contributed by atoms with Crippen LogP contribution in [0.3, 0.4) is 0 Å². The van der Waals surface area contributed by atoms with Gasteiger partial charge < -0.3 is 4.74 Å². The molecular formula is C14H23ClN2O. The lowest BCUT2D eigenvalue weighted by atomic mass is 10.1. The minimum absolute atomic E-state index is 0.506. The van der Waals surface area contributed by atoms with Crippen molar-refractivity contribution in [3.05, 3.63) is 16.5 Å². The molecule has 0 bridgehead atoms. The average Bonchev–Trinajstić information content (AvgIpc) is 2.32. The lowest BCUT2D eigenvalue weighted by Crippen LogP contribution is -2.11. The van der Waals surface area contributed by atoms with Crippen molar-refractivity contribution in [3.8, 4) is 5.88 Å². The fourth-order valence-electron chi connectivity index (χ4n) is 1.78. The summed E-state index contributed by atoms with van der Waals surface area (Å²) in [4.78, 5) is 8.70. The lowest BCUT2D eigenvalue weighted by Gasteiger charge is -2.14. The van der Waals surface area contributed by atoms with Crippen LogP contribution in [0, 0.1) is 12.8 Å². The molecule has 1 aromatic rings. The van der Waals surface area contributed by atoms with Crippen LogP contribution in [0.1, 0.15) is 51.4 Å². The summed E-state index contributed by atoms with van der Waals surface area (Å²) in [6, 6.07) is 0. The first kappa shape index (κ1) is 15.2. The molecule has 0 N–H and O–H groups in total. The van der Waals surface area contributed by atoms with E-state index in [-0.39, 0.29) is 0 Å². The second-order valence-corrected chi connectivity index (χ2v) is 5.17. The highest BCUT2D eigenvalue weighted by Crippen LogP contribution is 2.23. The number of rotatable bonds is 7. The van der Waals surface area contributed by atoms with Gasteiger partial charge >= 0.3 is 0 Å². The van der Waals surface area contributed by atoms with Crippen molar-refractivity contribution in [3.63, 3.8) is 0 Å². The summed E-state index contributed by atoms with van der Waals surface area (Å²) in [7, 11) is 0. The zero-order chi connectivity index (χ0) is 13.5. The van der Waals surface area contributed by atoms with E-state index in [9.17, 15) is 0 Å². The van der Waals surface area contributed by atoms with Crippen molar-refractivity contribution in [2.24, 2.45) is 5.92 Å². The summed E-state index contributed by atoms with van der Waals surface area (Å²) in [6.07, 6.45) is 4.18. The maximum atomic E-state index is 6.10. The van der Waals surface area contributed by atoms with Crippen LogP contribution in [-0.4, -0.2) is 16.6 Å². The second-order valence-electron chi connectivity index (χ2n) is 4.82. The van der Waals surface area contributed by atoms with Gasteiger partial charge in [-0.1, -0.05) is 38.8 Å². The highest BCUT2D eigenvalue weighted by atomic mass is 35.5. The molecule has 3 nitrogen and oxygen atoms in total. The fourth-order valence-corrected chi connectivity index (χ4v) is 1.96. The van der Waals surface area contributed by atoms with E-state index in [1.54, 1.807) is 0 Å². The summed E-state index contributed by atoms with van der Waals surface area (Å²) >= 11 is 6.10. The van der Waals surface area contributed by atoms with Crippen LogP contribution in [0.25, 0.3) is 0 Å². The number of ether oxygens (including phenoxy) is 1. The third-order valence-electron chi connectivity index (χ3n) is 2.85. The number of hydrogen-bond donors (Lipinski definition) is 0. The Hall–Kier alpha value is -0.830. The lowest BCUT2D eigenvalue weighted by molar-refractivity contribution is 0.240. The van der Waals surface area contributed by atoms with Crippen LogP contribution in [0.5, 0.6) is 5.88 Å². The van der Waals surface area contributed by atoms with Gasteiger partial charge in [-0.05, 0) is 25.7 Å². The molecule has 0 saturated carbocycles. The number of nitrogens with zero attached hydrogens (tertiary/aromatic N) is 2. The second kappa shape index (κ2) is 7.57. The quantitative estimate of drug-likeness (QED) is 0.697. The Morgan fingerprint density at radius 2 is 1.94 bits per heavy atom. The molecule has 18 heavy (non-hydrogen) atoms. The first-order valence-corrected chi connectivity index (χ1v) is 7.12. The molecule has 0 radical (unpaired) electrons. The Bertz CT molecular complexity index is 382. The molecule has 0 aliphatic carbocycles. The molecule has 1 rings (SSSR count). The number of hydrogen-bond acceptors (Lipinski definition) is 3. The van der Waals surface area contributed by atoms with Crippen LogP contribution in [0.15, 0.2) is 0 Å². The van der Waals surface area contributed by atoms with Crippen LogP contribution in [0.2, 0.25) is 5.15 Å². The van der Waals surface area contributed by atoms with Gasteiger partial charge in [-0.25, -0.2) is 4.98 Å². The topological polar surface area (TPSA) is 35.0 Å². The first-order valence-electron chi connectivity index (χ1n) is 6.74. The predicted octanol–water partition coefficient (Wildman–Crippen LogP) is 4.21. The van der Waals surface area contributed by atoms with Gasteiger partial charge in [0, 0.05) is 12.0 Å². The molecule has 1 unspecified atom stereocenters. The van der Waals surface area contributed by atoms with E-state index in [1.807, 2.05) is 6.92 Å². The summed E-state index contributed by atoms with van der Waals surface area (Å²) < 4.78 is 5.78. The molecule has 1 aromatic heterocycles. The molecule has 102 valence electrons. The van der Waals surface area contributed by atoms with E-state index >= 15 is 0 Å². The Kier molecular flexibility index (Phi) is 6.41. The van der Waals surface area contributed by atoms with Gasteiger partial charge in [0.25, 0.3) is 0 Å². The average molecular weight is 271 g/mol. The highest BCUT2D eigenvalue weighted by Gasteiger charge is 2.11. The highest BCUT2D eigenvalue weighted by molar-refractivity contribution is 6.30. The van der Waals surface area contributed by atoms with Gasteiger partial charge in [0.1, 0.15) is 11.0 Å². The normalized spacial score (nSPS) is 12.5. The van der Waals surface area contributed by atoms with Gasteiger partial charge in [0.15, 0.2) is 0 Å². The maximum absolute atomic E-state index is 6.10. The first-order chi connectivity index (χ1) is 8.58. The zero-order valence-electron chi connectivity index (χ0n) is 11.8. The summed E-state index contributed by atoms with van der Waals surface area (Å²) in [6.45, 7) is 9.06. The Labute approximate surface area is 115 Å². The summed E-state index contributed by atoms with van der Waals surface area (Å²) in [5.41, 5.74) is 0.834. The van der Waals surface area contributed by atoms with Gasteiger partial charge in [-0.2, -0.15) is 4.98 Å². The van der Waals surface area contributed by atoms with E-state index in [1.165, 1.54) is 12.8 Å². The van der Waals surface area contributed by atoms with Crippen molar-refractivity contribution < 1.29 is 4.74 Å². The molecule has 0 aliphatic rings. The monoisotopic (exact) mass is 270 g/mol. The van der Waals surface area contributed by atoms with Crippen LogP contribution < -0.4 is 4.74 Å². The number of aryl methyl sites for hydroxylation is 1. The molecule has 4 heteroatoms.